The Balaban J connectivity index is 1.88. The van der Waals surface area contributed by atoms with E-state index in [9.17, 15) is 8.42 Å². The molecule has 1 unspecified atom stereocenters. The van der Waals surface area contributed by atoms with Crippen LogP contribution in [0.15, 0.2) is 18.6 Å². The molecule has 0 amide bonds. The number of aromatic nitrogens is 3. The molecule has 0 aliphatic carbocycles. The largest absolute Gasteiger partial charge is 0.354 e. The first-order valence-corrected chi connectivity index (χ1v) is 8.81. The van der Waals surface area contributed by atoms with E-state index >= 15 is 0 Å². The number of fused-ring (bicyclic) bond motifs is 1. The van der Waals surface area contributed by atoms with Crippen LogP contribution in [0.2, 0.25) is 0 Å². The van der Waals surface area contributed by atoms with Gasteiger partial charge in [0.2, 0.25) is 10.0 Å². The number of sulfonamides is 1. The van der Waals surface area contributed by atoms with Gasteiger partial charge in [-0.25, -0.2) is 23.1 Å². The molecule has 7 nitrogen and oxygen atoms in total. The highest BCUT2D eigenvalue weighted by atomic mass is 32.2. The highest BCUT2D eigenvalue weighted by Gasteiger charge is 2.24. The van der Waals surface area contributed by atoms with Crippen molar-refractivity contribution in [3.8, 4) is 0 Å². The average molecular weight is 309 g/mol. The predicted octanol–water partition coefficient (Wildman–Crippen LogP) is 0.486. The monoisotopic (exact) mass is 309 g/mol. The lowest BCUT2D eigenvalue weighted by Gasteiger charge is -2.33. The molecule has 114 valence electrons. The van der Waals surface area contributed by atoms with Gasteiger partial charge in [-0.3, -0.25) is 0 Å². The van der Waals surface area contributed by atoms with Crippen LogP contribution in [0, 0.1) is 0 Å². The molecule has 3 heterocycles. The quantitative estimate of drug-likeness (QED) is 0.892. The lowest BCUT2D eigenvalue weighted by Crippen LogP contribution is -2.47. The zero-order chi connectivity index (χ0) is 15.0. The Labute approximate surface area is 124 Å². The van der Waals surface area contributed by atoms with Crippen molar-refractivity contribution in [3.63, 3.8) is 0 Å². The SMILES string of the molecule is Cn1ccc2c(N3CCCC(NS(C)(=O)=O)C3)ncnc21. The van der Waals surface area contributed by atoms with Crippen molar-refractivity contribution in [2.24, 2.45) is 7.05 Å². The van der Waals surface area contributed by atoms with Crippen molar-refractivity contribution in [2.75, 3.05) is 24.2 Å². The van der Waals surface area contributed by atoms with E-state index in [1.165, 1.54) is 6.26 Å². The fourth-order valence-electron chi connectivity index (χ4n) is 2.88. The number of nitrogens with zero attached hydrogens (tertiary/aromatic N) is 4. The third-order valence-corrected chi connectivity index (χ3v) is 4.50. The third kappa shape index (κ3) is 3.01. The summed E-state index contributed by atoms with van der Waals surface area (Å²) in [6, 6.07) is 1.93. The molecular weight excluding hydrogens is 290 g/mol. The van der Waals surface area contributed by atoms with Crippen molar-refractivity contribution in [2.45, 2.75) is 18.9 Å². The van der Waals surface area contributed by atoms with Crippen molar-refractivity contribution < 1.29 is 8.42 Å². The van der Waals surface area contributed by atoms with Crippen molar-refractivity contribution in [1.29, 1.82) is 0 Å². The van der Waals surface area contributed by atoms with Crippen molar-refractivity contribution in [1.82, 2.24) is 19.3 Å². The van der Waals surface area contributed by atoms with Crippen LogP contribution < -0.4 is 9.62 Å². The first kappa shape index (κ1) is 14.3. The molecule has 21 heavy (non-hydrogen) atoms. The summed E-state index contributed by atoms with van der Waals surface area (Å²) in [5.74, 6) is 0.876. The standard InChI is InChI=1S/C13H19N5O2S/c1-17-7-5-11-12(17)14-9-15-13(11)18-6-3-4-10(8-18)16-21(2,19)20/h5,7,9-10,16H,3-4,6,8H2,1-2H3. The molecule has 0 aromatic carbocycles. The molecule has 2 aromatic heterocycles. The van der Waals surface area contributed by atoms with E-state index in [0.29, 0.717) is 6.54 Å². The van der Waals surface area contributed by atoms with Gasteiger partial charge in [0, 0.05) is 32.4 Å². The van der Waals surface area contributed by atoms with Crippen molar-refractivity contribution >= 4 is 26.9 Å². The molecule has 0 spiro atoms. The maximum Gasteiger partial charge on any atom is 0.209 e. The number of hydrogen-bond donors (Lipinski definition) is 1. The second kappa shape index (κ2) is 5.27. The zero-order valence-electron chi connectivity index (χ0n) is 12.2. The first-order valence-electron chi connectivity index (χ1n) is 6.92. The zero-order valence-corrected chi connectivity index (χ0v) is 13.0. The molecule has 1 atom stereocenters. The van der Waals surface area contributed by atoms with Crippen LogP contribution in [0.5, 0.6) is 0 Å². The summed E-state index contributed by atoms with van der Waals surface area (Å²) >= 11 is 0. The molecule has 1 aliphatic heterocycles. The van der Waals surface area contributed by atoms with Crippen LogP contribution in [0.3, 0.4) is 0 Å². The Morgan fingerprint density at radius 1 is 1.38 bits per heavy atom. The molecule has 1 fully saturated rings. The van der Waals surface area contributed by atoms with Crippen LogP contribution in [-0.2, 0) is 17.1 Å². The molecule has 0 radical (unpaired) electrons. The highest BCUT2D eigenvalue weighted by molar-refractivity contribution is 7.88. The summed E-state index contributed by atoms with van der Waals surface area (Å²) < 4.78 is 27.4. The number of hydrogen-bond acceptors (Lipinski definition) is 5. The molecule has 1 saturated heterocycles. The smallest absolute Gasteiger partial charge is 0.209 e. The molecule has 2 aromatic rings. The summed E-state index contributed by atoms with van der Waals surface area (Å²) in [5, 5.41) is 1.00. The summed E-state index contributed by atoms with van der Waals surface area (Å²) in [4.78, 5) is 10.8. The number of anilines is 1. The lowest BCUT2D eigenvalue weighted by molar-refractivity contribution is 0.466. The second-order valence-electron chi connectivity index (χ2n) is 5.54. The summed E-state index contributed by atoms with van der Waals surface area (Å²) in [7, 11) is -1.23. The van der Waals surface area contributed by atoms with E-state index in [0.717, 1.165) is 36.2 Å². The fraction of sp³-hybridized carbons (Fsp3) is 0.538. The number of rotatable bonds is 3. The van der Waals surface area contributed by atoms with E-state index in [1.807, 2.05) is 23.9 Å². The van der Waals surface area contributed by atoms with Crippen LogP contribution in [0.4, 0.5) is 5.82 Å². The number of nitrogens with one attached hydrogen (secondary N) is 1. The summed E-state index contributed by atoms with van der Waals surface area (Å²) in [6.45, 7) is 1.51. The number of aryl methyl sites for hydroxylation is 1. The fourth-order valence-corrected chi connectivity index (χ4v) is 3.68. The van der Waals surface area contributed by atoms with Crippen molar-refractivity contribution in [3.05, 3.63) is 18.6 Å². The topological polar surface area (TPSA) is 80.1 Å². The van der Waals surface area contributed by atoms with Gasteiger partial charge in [-0.15, -0.1) is 0 Å². The molecule has 1 N–H and O–H groups in total. The van der Waals surface area contributed by atoms with Gasteiger partial charge in [-0.2, -0.15) is 0 Å². The minimum atomic E-state index is -3.18. The molecule has 0 bridgehead atoms. The Kier molecular flexibility index (Phi) is 3.58. The second-order valence-corrected chi connectivity index (χ2v) is 7.32. The maximum absolute atomic E-state index is 11.4. The highest BCUT2D eigenvalue weighted by Crippen LogP contribution is 2.26. The van der Waals surface area contributed by atoms with Gasteiger partial charge in [0.15, 0.2) is 0 Å². The Morgan fingerprint density at radius 2 is 2.19 bits per heavy atom. The minimum absolute atomic E-state index is 0.0672. The molecule has 8 heteroatoms. The number of piperidine rings is 1. The molecule has 0 saturated carbocycles. The average Bonchev–Trinajstić information content (AvgIpc) is 2.79. The minimum Gasteiger partial charge on any atom is -0.354 e. The maximum atomic E-state index is 11.4. The van der Waals surface area contributed by atoms with E-state index < -0.39 is 10.0 Å². The van der Waals surface area contributed by atoms with Gasteiger partial charge in [-0.05, 0) is 18.9 Å². The van der Waals surface area contributed by atoms with E-state index in [-0.39, 0.29) is 6.04 Å². The van der Waals surface area contributed by atoms with Gasteiger partial charge in [0.25, 0.3) is 0 Å². The Bertz CT molecular complexity index is 755. The van der Waals surface area contributed by atoms with Crippen LogP contribution in [0.25, 0.3) is 11.0 Å². The van der Waals surface area contributed by atoms with E-state index in [1.54, 1.807) is 6.33 Å². The Hall–Kier alpha value is -1.67. The van der Waals surface area contributed by atoms with Gasteiger partial charge in [0.1, 0.15) is 17.8 Å². The first-order chi connectivity index (χ1) is 9.94. The van der Waals surface area contributed by atoms with E-state index in [4.69, 9.17) is 0 Å². The Morgan fingerprint density at radius 3 is 2.95 bits per heavy atom. The molecule has 1 aliphatic rings. The van der Waals surface area contributed by atoms with Gasteiger partial charge in [0.05, 0.1) is 11.6 Å². The predicted molar refractivity (Wildman–Crippen MR) is 81.7 cm³/mol. The third-order valence-electron chi connectivity index (χ3n) is 3.74. The van der Waals surface area contributed by atoms with E-state index in [2.05, 4.69) is 19.6 Å². The van der Waals surface area contributed by atoms with Crippen LogP contribution in [0.1, 0.15) is 12.8 Å². The van der Waals surface area contributed by atoms with Gasteiger partial charge in [-0.1, -0.05) is 0 Å². The summed E-state index contributed by atoms with van der Waals surface area (Å²) in [5.41, 5.74) is 0.887. The van der Waals surface area contributed by atoms with Gasteiger partial charge < -0.3 is 9.47 Å². The molecule has 3 rings (SSSR count). The van der Waals surface area contributed by atoms with Crippen LogP contribution >= 0.6 is 0 Å². The van der Waals surface area contributed by atoms with Gasteiger partial charge >= 0.3 is 0 Å². The molecular formula is C13H19N5O2S. The summed E-state index contributed by atoms with van der Waals surface area (Å²) in [6.07, 6.45) is 6.51. The normalized spacial score (nSPS) is 20.1. The lowest BCUT2D eigenvalue weighted by atomic mass is 10.1. The van der Waals surface area contributed by atoms with Crippen LogP contribution in [-0.4, -0.2) is 48.3 Å².